The van der Waals surface area contributed by atoms with Crippen LogP contribution in [0.3, 0.4) is 0 Å². The number of aromatic nitrogens is 1. The zero-order chi connectivity index (χ0) is 11.3. The van der Waals surface area contributed by atoms with Gasteiger partial charge in [0.25, 0.3) is 0 Å². The number of hydrogen-bond donors (Lipinski definition) is 2. The molecule has 0 saturated heterocycles. The predicted molar refractivity (Wildman–Crippen MR) is 57.9 cm³/mol. The van der Waals surface area contributed by atoms with Crippen LogP contribution in [0.4, 0.5) is 5.13 Å². The van der Waals surface area contributed by atoms with E-state index in [4.69, 9.17) is 16.2 Å². The molecular weight excluding hydrogens is 216 g/mol. The second kappa shape index (κ2) is 5.30. The first kappa shape index (κ1) is 11.4. The Bertz CT molecular complexity index is 370. The van der Waals surface area contributed by atoms with Crippen molar-refractivity contribution in [2.45, 2.75) is 13.3 Å². The van der Waals surface area contributed by atoms with E-state index in [1.54, 1.807) is 0 Å². The minimum absolute atomic E-state index is 0.0177. The van der Waals surface area contributed by atoms with Crippen molar-refractivity contribution >= 4 is 28.4 Å². The molecule has 0 atom stereocenters. The molecule has 7 heteroatoms. The summed E-state index contributed by atoms with van der Waals surface area (Å²) in [7, 11) is 0. The van der Waals surface area contributed by atoms with E-state index >= 15 is 0 Å². The molecule has 0 saturated carbocycles. The Kier molecular flexibility index (Phi) is 4.04. The number of nitrogens with zero attached hydrogens (tertiary/aromatic N) is 2. The maximum atomic E-state index is 10.5. The van der Waals surface area contributed by atoms with E-state index in [-0.39, 0.29) is 11.9 Å². The highest BCUT2D eigenvalue weighted by Crippen LogP contribution is 2.18. The minimum atomic E-state index is -0.297. The van der Waals surface area contributed by atoms with Crippen LogP contribution in [0.5, 0.6) is 0 Å². The van der Waals surface area contributed by atoms with Gasteiger partial charge in [-0.25, -0.2) is 4.98 Å². The van der Waals surface area contributed by atoms with Gasteiger partial charge in [-0.05, 0) is 0 Å². The Hall–Kier alpha value is -1.63. The molecule has 0 fully saturated rings. The van der Waals surface area contributed by atoms with Gasteiger partial charge in [0.15, 0.2) is 5.96 Å². The molecule has 1 aromatic rings. The van der Waals surface area contributed by atoms with E-state index in [0.717, 1.165) is 5.69 Å². The van der Waals surface area contributed by atoms with Gasteiger partial charge in [-0.1, -0.05) is 0 Å². The number of carbonyl (C=O) groups excluding carboxylic acids is 1. The normalized spacial score (nSPS) is 9.67. The van der Waals surface area contributed by atoms with Crippen LogP contribution in [0, 0.1) is 0 Å². The van der Waals surface area contributed by atoms with Gasteiger partial charge in [0.2, 0.25) is 5.13 Å². The molecule has 1 aromatic heterocycles. The first-order valence-corrected chi connectivity index (χ1v) is 5.13. The molecule has 15 heavy (non-hydrogen) atoms. The average Bonchev–Trinajstić information content (AvgIpc) is 2.50. The number of carbonyl (C=O) groups is 1. The summed E-state index contributed by atoms with van der Waals surface area (Å²) in [5.74, 6) is -0.314. The largest absolute Gasteiger partial charge is 0.465 e. The Morgan fingerprint density at radius 1 is 1.67 bits per heavy atom. The van der Waals surface area contributed by atoms with E-state index in [1.165, 1.54) is 18.3 Å². The van der Waals surface area contributed by atoms with Gasteiger partial charge in [0, 0.05) is 18.7 Å². The maximum absolute atomic E-state index is 10.5. The second-order valence-corrected chi connectivity index (χ2v) is 3.58. The topological polar surface area (TPSA) is 104 Å². The van der Waals surface area contributed by atoms with Gasteiger partial charge in [0.05, 0.1) is 12.3 Å². The van der Waals surface area contributed by atoms with Gasteiger partial charge in [0.1, 0.15) is 0 Å². The molecule has 0 amide bonds. The Labute approximate surface area is 91.0 Å². The number of esters is 1. The minimum Gasteiger partial charge on any atom is -0.465 e. The van der Waals surface area contributed by atoms with Crippen molar-refractivity contribution in [3.63, 3.8) is 0 Å². The van der Waals surface area contributed by atoms with E-state index in [2.05, 4.69) is 9.98 Å². The fraction of sp³-hybridized carbons (Fsp3) is 0.375. The Balaban J connectivity index is 2.46. The van der Waals surface area contributed by atoms with E-state index < -0.39 is 0 Å². The zero-order valence-electron chi connectivity index (χ0n) is 8.27. The molecule has 0 bridgehead atoms. The van der Waals surface area contributed by atoms with Crippen LogP contribution in [0.15, 0.2) is 10.4 Å². The van der Waals surface area contributed by atoms with E-state index in [9.17, 15) is 4.79 Å². The van der Waals surface area contributed by atoms with E-state index in [1.807, 2.05) is 5.38 Å². The zero-order valence-corrected chi connectivity index (χ0v) is 9.08. The molecule has 82 valence electrons. The lowest BCUT2D eigenvalue weighted by molar-refractivity contribution is -0.140. The number of aliphatic imine (C=N–C) groups is 1. The molecule has 0 radical (unpaired) electrons. The predicted octanol–water partition coefficient (Wildman–Crippen LogP) is 0.154. The molecule has 4 N–H and O–H groups in total. The van der Waals surface area contributed by atoms with Crippen LogP contribution < -0.4 is 11.5 Å². The van der Waals surface area contributed by atoms with Crippen LogP contribution in [-0.2, 0) is 16.0 Å². The van der Waals surface area contributed by atoms with Crippen molar-refractivity contribution in [2.75, 3.05) is 6.61 Å². The van der Waals surface area contributed by atoms with Crippen molar-refractivity contribution in [3.8, 4) is 0 Å². The molecule has 0 aromatic carbocycles. The van der Waals surface area contributed by atoms with Crippen molar-refractivity contribution < 1.29 is 9.53 Å². The third-order valence-corrected chi connectivity index (χ3v) is 2.21. The van der Waals surface area contributed by atoms with Crippen LogP contribution >= 0.6 is 11.3 Å². The number of rotatable bonds is 4. The summed E-state index contributed by atoms with van der Waals surface area (Å²) in [5.41, 5.74) is 11.2. The van der Waals surface area contributed by atoms with Crippen molar-refractivity contribution in [3.05, 3.63) is 11.1 Å². The summed E-state index contributed by atoms with van der Waals surface area (Å²) in [4.78, 5) is 18.4. The molecule has 6 nitrogen and oxygen atoms in total. The number of thiazole rings is 1. The Morgan fingerprint density at radius 3 is 3.00 bits per heavy atom. The molecule has 0 unspecified atom stereocenters. The standard InChI is InChI=1S/C8H12N4O2S/c1-5(13)14-3-2-6-4-15-8(11-6)12-7(9)10/h4H,2-3H2,1H3,(H4,9,10,11,12). The lowest BCUT2D eigenvalue weighted by Crippen LogP contribution is -2.21. The first-order chi connectivity index (χ1) is 7.08. The van der Waals surface area contributed by atoms with Crippen LogP contribution in [0.1, 0.15) is 12.6 Å². The first-order valence-electron chi connectivity index (χ1n) is 4.25. The summed E-state index contributed by atoms with van der Waals surface area (Å²) < 4.78 is 4.78. The summed E-state index contributed by atoms with van der Waals surface area (Å²) in [5, 5.41) is 2.33. The van der Waals surface area contributed by atoms with E-state index in [0.29, 0.717) is 18.2 Å². The molecule has 0 aliphatic heterocycles. The monoisotopic (exact) mass is 228 g/mol. The number of guanidine groups is 1. The number of hydrogen-bond acceptors (Lipinski definition) is 5. The highest BCUT2D eigenvalue weighted by atomic mass is 32.1. The van der Waals surface area contributed by atoms with Crippen molar-refractivity contribution in [2.24, 2.45) is 16.5 Å². The molecule has 1 heterocycles. The summed E-state index contributed by atoms with van der Waals surface area (Å²) >= 11 is 1.34. The summed E-state index contributed by atoms with van der Waals surface area (Å²) in [6.07, 6.45) is 0.566. The molecule has 0 spiro atoms. The smallest absolute Gasteiger partial charge is 0.302 e. The quantitative estimate of drug-likeness (QED) is 0.434. The average molecular weight is 228 g/mol. The van der Waals surface area contributed by atoms with Gasteiger partial charge < -0.3 is 16.2 Å². The highest BCUT2D eigenvalue weighted by Gasteiger charge is 2.02. The van der Waals surface area contributed by atoms with Crippen molar-refractivity contribution in [1.29, 1.82) is 0 Å². The molecular formula is C8H12N4O2S. The van der Waals surface area contributed by atoms with Crippen LogP contribution in [0.25, 0.3) is 0 Å². The summed E-state index contributed by atoms with van der Waals surface area (Å²) in [6, 6.07) is 0. The lowest BCUT2D eigenvalue weighted by atomic mass is 10.4. The third-order valence-electron chi connectivity index (χ3n) is 1.43. The second-order valence-electron chi connectivity index (χ2n) is 2.75. The van der Waals surface area contributed by atoms with Gasteiger partial charge in [-0.2, -0.15) is 4.99 Å². The molecule has 0 aliphatic rings. The van der Waals surface area contributed by atoms with Gasteiger partial charge in [-0.15, -0.1) is 11.3 Å². The van der Waals surface area contributed by atoms with Gasteiger partial charge >= 0.3 is 5.97 Å². The molecule has 1 rings (SSSR count). The number of ether oxygens (including phenoxy) is 1. The van der Waals surface area contributed by atoms with Crippen LogP contribution in [-0.4, -0.2) is 23.5 Å². The third kappa shape index (κ3) is 4.41. The van der Waals surface area contributed by atoms with Crippen LogP contribution in [0.2, 0.25) is 0 Å². The van der Waals surface area contributed by atoms with Gasteiger partial charge in [-0.3, -0.25) is 4.79 Å². The van der Waals surface area contributed by atoms with Crippen molar-refractivity contribution in [1.82, 2.24) is 4.98 Å². The fourth-order valence-corrected chi connectivity index (χ4v) is 1.61. The number of nitrogens with two attached hydrogens (primary N) is 2. The SMILES string of the molecule is CC(=O)OCCc1csc(N=C(N)N)n1. The Morgan fingerprint density at radius 2 is 2.40 bits per heavy atom. The summed E-state index contributed by atoms with van der Waals surface area (Å²) in [6.45, 7) is 1.69. The highest BCUT2D eigenvalue weighted by molar-refractivity contribution is 7.13. The molecule has 0 aliphatic carbocycles. The maximum Gasteiger partial charge on any atom is 0.302 e. The lowest BCUT2D eigenvalue weighted by Gasteiger charge is -1.97. The fourth-order valence-electron chi connectivity index (χ4n) is 0.872.